The number of nitrogens with one attached hydrogen (secondary N) is 4. The highest BCUT2D eigenvalue weighted by Crippen LogP contribution is 2.20. The van der Waals surface area contributed by atoms with Crippen molar-refractivity contribution in [1.82, 2.24) is 20.4 Å². The molecule has 0 aliphatic rings. The van der Waals surface area contributed by atoms with Crippen LogP contribution in [0.4, 0.5) is 24.0 Å². The first-order chi connectivity index (χ1) is 30.7. The topological polar surface area (TPSA) is 241 Å². The van der Waals surface area contributed by atoms with Gasteiger partial charge in [-0.15, -0.1) is 4.99 Å². The molecule has 4 N–H and O–H groups in total. The highest BCUT2D eigenvalue weighted by Gasteiger charge is 2.35. The summed E-state index contributed by atoms with van der Waals surface area (Å²) in [6.45, 7) is 25.8. The average molecular weight is 940 g/mol. The second-order valence-electron chi connectivity index (χ2n) is 20.3. The van der Waals surface area contributed by atoms with E-state index in [-0.39, 0.29) is 43.9 Å². The second kappa shape index (κ2) is 24.4. The molecule has 0 aliphatic carbocycles. The third-order valence-electron chi connectivity index (χ3n) is 7.92. The molecule has 2 rings (SSSR count). The zero-order valence-corrected chi connectivity index (χ0v) is 42.0. The Kier molecular flexibility index (Phi) is 20.7. The molecule has 0 saturated carbocycles. The van der Waals surface area contributed by atoms with Crippen molar-refractivity contribution >= 4 is 48.1 Å². The molecule has 0 bridgehead atoms. The number of amides is 5. The van der Waals surface area contributed by atoms with E-state index >= 15 is 0 Å². The number of alkyl carbamates (subject to hydrolysis) is 2. The van der Waals surface area contributed by atoms with Gasteiger partial charge in [0.1, 0.15) is 51.2 Å². The van der Waals surface area contributed by atoms with Crippen LogP contribution in [-0.4, -0.2) is 112 Å². The van der Waals surface area contributed by atoms with Crippen molar-refractivity contribution in [2.24, 2.45) is 4.99 Å². The van der Waals surface area contributed by atoms with Crippen molar-refractivity contribution in [3.8, 4) is 11.5 Å². The quantitative estimate of drug-likeness (QED) is 0.0599. The van der Waals surface area contributed by atoms with Gasteiger partial charge >= 0.3 is 30.5 Å². The number of amidine groups is 2. The molecule has 0 radical (unpaired) electrons. The van der Waals surface area contributed by atoms with E-state index in [0.29, 0.717) is 48.3 Å². The van der Waals surface area contributed by atoms with Gasteiger partial charge in [0.2, 0.25) is 5.96 Å². The lowest BCUT2D eigenvalue weighted by molar-refractivity contribution is 0.0268. The van der Waals surface area contributed by atoms with Crippen LogP contribution in [0, 0.1) is 10.8 Å². The van der Waals surface area contributed by atoms with Gasteiger partial charge in [-0.3, -0.25) is 21.5 Å². The minimum atomic E-state index is -1.05. The van der Waals surface area contributed by atoms with E-state index < -0.39 is 58.5 Å². The lowest BCUT2D eigenvalue weighted by Gasteiger charge is -2.34. The number of rotatable bonds is 14. The number of nitrogens with zero attached hydrogens (tertiary/aromatic N) is 3. The van der Waals surface area contributed by atoms with Crippen LogP contribution in [0.1, 0.15) is 141 Å². The lowest BCUT2D eigenvalue weighted by atomic mass is 10.2. The van der Waals surface area contributed by atoms with Gasteiger partial charge in [-0.05, 0) is 178 Å². The number of carbonyl (C=O) groups excluding carboxylic acids is 5. The number of hydrogen-bond acceptors (Lipinski definition) is 14. The molecule has 0 aromatic heterocycles. The summed E-state index contributed by atoms with van der Waals surface area (Å²) in [6.07, 6.45) is -2.85. The molecule has 2 aromatic rings. The van der Waals surface area contributed by atoms with E-state index in [1.807, 2.05) is 0 Å². The maximum atomic E-state index is 14.0. The Hall–Kier alpha value is -6.40. The monoisotopic (exact) mass is 940 g/mol. The van der Waals surface area contributed by atoms with Crippen LogP contribution in [0.15, 0.2) is 53.5 Å². The van der Waals surface area contributed by atoms with Gasteiger partial charge in [0.15, 0.2) is 0 Å². The summed E-state index contributed by atoms with van der Waals surface area (Å²) in [5.41, 5.74) is -3.47. The molecule has 2 aromatic carbocycles. The molecular weight excluding hydrogens is 867 g/mol. The predicted molar refractivity (Wildman–Crippen MR) is 254 cm³/mol. The zero-order chi connectivity index (χ0) is 51.0. The Balaban J connectivity index is 2.30. The highest BCUT2D eigenvalue weighted by atomic mass is 16.6. The fourth-order valence-electron chi connectivity index (χ4n) is 5.33. The van der Waals surface area contributed by atoms with Crippen molar-refractivity contribution in [1.29, 1.82) is 10.8 Å². The van der Waals surface area contributed by atoms with E-state index in [1.54, 1.807) is 152 Å². The summed E-state index contributed by atoms with van der Waals surface area (Å²) in [5, 5.41) is 21.3. The SMILES string of the molecule is CC(C)(C)OC(=O)N=C(N(CCCCOc1ccc(C(=N)NC(=O)OC(C)(C)C)cc1)C(=O)OC(C)(C)C)N(CCCCOc1ccc(C(=N)NC(=O)OC(C)(C)C)cc1)C(=O)OC(C)(C)C. The van der Waals surface area contributed by atoms with Crippen molar-refractivity contribution in [2.75, 3.05) is 26.3 Å². The number of benzene rings is 2. The van der Waals surface area contributed by atoms with Crippen molar-refractivity contribution in [2.45, 2.75) is 158 Å². The third-order valence-corrected chi connectivity index (χ3v) is 7.92. The minimum absolute atomic E-state index is 0.0600. The highest BCUT2D eigenvalue weighted by molar-refractivity contribution is 6.06. The molecule has 0 fully saturated rings. The smallest absolute Gasteiger partial charge is 0.437 e. The molecule has 0 atom stereocenters. The number of carbonyl (C=O) groups is 5. The maximum absolute atomic E-state index is 14.0. The van der Waals surface area contributed by atoms with Crippen LogP contribution in [0.5, 0.6) is 11.5 Å². The Morgan fingerprint density at radius 1 is 0.478 bits per heavy atom. The minimum Gasteiger partial charge on any atom is -0.494 e. The number of hydrogen-bond donors (Lipinski definition) is 4. The Morgan fingerprint density at radius 2 is 0.791 bits per heavy atom. The molecule has 0 spiro atoms. The summed E-state index contributed by atoms with van der Waals surface area (Å²) < 4.78 is 39.4. The normalized spacial score (nSPS) is 11.8. The molecule has 5 amide bonds. The fourth-order valence-corrected chi connectivity index (χ4v) is 5.33. The standard InChI is InChI=1S/C48H73N7O12/c1-44(2,3)63-39(56)51-36(49)32-20-24-34(25-21-32)61-30-18-16-28-54(42(59)66-47(10,11)12)38(53-41(58)65-46(7,8)9)55(43(60)67-48(13,14)15)29-17-19-31-62-35-26-22-33(23-27-35)37(50)52-40(57)64-45(4,5)6/h20-27H,16-19,28-31H2,1-15H3,(H2,49,51,56)(H2,50,52,57). The van der Waals surface area contributed by atoms with Crippen LogP contribution in [-0.2, 0) is 23.7 Å². The zero-order valence-electron chi connectivity index (χ0n) is 42.0. The lowest BCUT2D eigenvalue weighted by Crippen LogP contribution is -2.53. The molecule has 0 unspecified atom stereocenters. The molecular formula is C48H73N7O12. The van der Waals surface area contributed by atoms with E-state index in [1.165, 1.54) is 0 Å². The van der Waals surface area contributed by atoms with Gasteiger partial charge < -0.3 is 33.2 Å². The van der Waals surface area contributed by atoms with Gasteiger partial charge in [-0.25, -0.2) is 33.8 Å². The number of guanidine groups is 1. The number of unbranched alkanes of at least 4 members (excludes halogenated alkanes) is 2. The van der Waals surface area contributed by atoms with Gasteiger partial charge in [-0.1, -0.05) is 0 Å². The Morgan fingerprint density at radius 3 is 1.09 bits per heavy atom. The molecule has 0 heterocycles. The average Bonchev–Trinajstić information content (AvgIpc) is 3.13. The second-order valence-corrected chi connectivity index (χ2v) is 20.3. The van der Waals surface area contributed by atoms with Crippen LogP contribution < -0.4 is 20.1 Å². The molecule has 67 heavy (non-hydrogen) atoms. The number of aliphatic imine (C=N–C) groups is 1. The van der Waals surface area contributed by atoms with Gasteiger partial charge in [0.05, 0.1) is 13.2 Å². The summed E-state index contributed by atoms with van der Waals surface area (Å²) in [4.78, 5) is 72.2. The van der Waals surface area contributed by atoms with Crippen molar-refractivity contribution < 1.29 is 57.1 Å². The third kappa shape index (κ3) is 24.1. The van der Waals surface area contributed by atoms with Gasteiger partial charge in [-0.2, -0.15) is 0 Å². The van der Waals surface area contributed by atoms with Gasteiger partial charge in [0.25, 0.3) is 0 Å². The van der Waals surface area contributed by atoms with Crippen LogP contribution in [0.2, 0.25) is 0 Å². The molecule has 0 aliphatic heterocycles. The van der Waals surface area contributed by atoms with Crippen molar-refractivity contribution in [3.63, 3.8) is 0 Å². The summed E-state index contributed by atoms with van der Waals surface area (Å²) in [6, 6.07) is 13.1. The molecule has 0 saturated heterocycles. The largest absolute Gasteiger partial charge is 0.494 e. The Labute approximate surface area is 395 Å². The summed E-state index contributed by atoms with van der Waals surface area (Å²) >= 11 is 0. The Bertz CT molecular complexity index is 1910. The first-order valence-electron chi connectivity index (χ1n) is 22.2. The van der Waals surface area contributed by atoms with E-state index in [9.17, 15) is 24.0 Å². The first-order valence-corrected chi connectivity index (χ1v) is 22.2. The predicted octanol–water partition coefficient (Wildman–Crippen LogP) is 10.2. The van der Waals surface area contributed by atoms with Crippen molar-refractivity contribution in [3.05, 3.63) is 59.7 Å². The van der Waals surface area contributed by atoms with Crippen LogP contribution in [0.25, 0.3) is 0 Å². The molecule has 19 nitrogen and oxygen atoms in total. The van der Waals surface area contributed by atoms with E-state index in [2.05, 4.69) is 15.6 Å². The fraction of sp³-hybridized carbons (Fsp3) is 0.583. The van der Waals surface area contributed by atoms with E-state index in [0.717, 1.165) is 9.80 Å². The first kappa shape index (κ1) is 56.7. The van der Waals surface area contributed by atoms with E-state index in [4.69, 9.17) is 44.0 Å². The molecule has 372 valence electrons. The molecule has 19 heteroatoms. The van der Waals surface area contributed by atoms with Crippen LogP contribution in [0.3, 0.4) is 0 Å². The van der Waals surface area contributed by atoms with Gasteiger partial charge in [0, 0.05) is 24.2 Å². The maximum Gasteiger partial charge on any atom is 0.437 e. The summed E-state index contributed by atoms with van der Waals surface area (Å²) in [5.74, 6) is 0.359. The van der Waals surface area contributed by atoms with Crippen LogP contribution >= 0.6 is 0 Å². The summed E-state index contributed by atoms with van der Waals surface area (Å²) in [7, 11) is 0. The number of ether oxygens (including phenoxy) is 7.